The van der Waals surface area contributed by atoms with Crippen molar-refractivity contribution in [2.75, 3.05) is 11.4 Å². The fraction of sp³-hybridized carbons (Fsp3) is 0.154. The zero-order valence-electron chi connectivity index (χ0n) is 16.5. The number of ketones is 1. The number of hydrogen-bond donors (Lipinski definition) is 0. The van der Waals surface area contributed by atoms with Crippen LogP contribution in [0.1, 0.15) is 34.3 Å². The number of nitrogens with zero attached hydrogens (tertiary/aromatic N) is 2. The van der Waals surface area contributed by atoms with Crippen molar-refractivity contribution in [3.8, 4) is 0 Å². The molecule has 5 rings (SSSR count). The van der Waals surface area contributed by atoms with Crippen LogP contribution in [-0.4, -0.2) is 23.5 Å². The Labute approximate surface area is 181 Å². The van der Waals surface area contributed by atoms with Gasteiger partial charge >= 0.3 is 0 Å². The lowest BCUT2D eigenvalue weighted by molar-refractivity contribution is 0.103. The van der Waals surface area contributed by atoms with E-state index in [9.17, 15) is 4.79 Å². The normalized spacial score (nSPS) is 18.2. The number of aliphatic imine (C=N–C) groups is 1. The minimum atomic E-state index is 0.0403. The third-order valence-corrected chi connectivity index (χ3v) is 5.99. The van der Waals surface area contributed by atoms with Gasteiger partial charge in [0, 0.05) is 29.8 Å². The van der Waals surface area contributed by atoms with Gasteiger partial charge in [-0.3, -0.25) is 9.79 Å². The molecular formula is C26H21ClN2O. The first-order valence-electron chi connectivity index (χ1n) is 10.2. The molecule has 148 valence electrons. The molecule has 1 atom stereocenters. The van der Waals surface area contributed by atoms with E-state index in [2.05, 4.69) is 34.2 Å². The van der Waals surface area contributed by atoms with Crippen LogP contribution in [0, 0.1) is 0 Å². The quantitative estimate of drug-likeness (QED) is 0.496. The summed E-state index contributed by atoms with van der Waals surface area (Å²) in [4.78, 5) is 19.7. The molecule has 0 amide bonds. The molecule has 3 aromatic carbocycles. The number of rotatable bonds is 4. The fourth-order valence-electron chi connectivity index (χ4n) is 4.33. The van der Waals surface area contributed by atoms with Gasteiger partial charge in [-0.15, -0.1) is 0 Å². The maximum atomic E-state index is 12.8. The van der Waals surface area contributed by atoms with Crippen LogP contribution >= 0.6 is 11.6 Å². The molecule has 1 unspecified atom stereocenters. The number of carbonyl (C=O) groups excluding carboxylic acids is 1. The highest BCUT2D eigenvalue weighted by molar-refractivity contribution is 6.66. The molecule has 2 heterocycles. The van der Waals surface area contributed by atoms with Gasteiger partial charge < -0.3 is 4.90 Å². The molecule has 0 radical (unpaired) electrons. The van der Waals surface area contributed by atoms with E-state index in [0.717, 1.165) is 18.7 Å². The molecule has 0 bridgehead atoms. The molecule has 4 heteroatoms. The topological polar surface area (TPSA) is 32.7 Å². The molecule has 0 spiro atoms. The van der Waals surface area contributed by atoms with Gasteiger partial charge in [0.1, 0.15) is 5.17 Å². The average Bonchev–Trinajstić information content (AvgIpc) is 3.19. The molecule has 0 aromatic heterocycles. The molecule has 3 aromatic rings. The predicted molar refractivity (Wildman–Crippen MR) is 123 cm³/mol. The van der Waals surface area contributed by atoms with Gasteiger partial charge in [-0.05, 0) is 41.8 Å². The second-order valence-corrected chi connectivity index (χ2v) is 8.06. The Hall–Kier alpha value is -3.17. The van der Waals surface area contributed by atoms with Crippen LogP contribution in [-0.2, 0) is 0 Å². The van der Waals surface area contributed by atoms with Crippen LogP contribution in [0.4, 0.5) is 5.69 Å². The summed E-state index contributed by atoms with van der Waals surface area (Å²) in [5, 5.41) is 0.689. The number of carbonyl (C=O) groups is 1. The van der Waals surface area contributed by atoms with Gasteiger partial charge in [-0.25, -0.2) is 0 Å². The third kappa shape index (κ3) is 3.46. The SMILES string of the molecule is O=C(c1ccccc1)c1ccc(N2CCC3N=C(Cl)CC3=C2c2ccccc2)cc1. The van der Waals surface area contributed by atoms with E-state index in [4.69, 9.17) is 11.6 Å². The van der Waals surface area contributed by atoms with Gasteiger partial charge in [0.05, 0.1) is 11.7 Å². The van der Waals surface area contributed by atoms with E-state index >= 15 is 0 Å². The maximum absolute atomic E-state index is 12.8. The van der Waals surface area contributed by atoms with Crippen LogP contribution in [0.2, 0.25) is 0 Å². The average molecular weight is 413 g/mol. The Morgan fingerprint density at radius 2 is 1.50 bits per heavy atom. The summed E-state index contributed by atoms with van der Waals surface area (Å²) in [5.74, 6) is 0.0403. The molecule has 0 saturated carbocycles. The number of hydrogen-bond acceptors (Lipinski definition) is 3. The predicted octanol–water partition coefficient (Wildman–Crippen LogP) is 5.95. The van der Waals surface area contributed by atoms with E-state index in [-0.39, 0.29) is 11.8 Å². The summed E-state index contributed by atoms with van der Waals surface area (Å²) >= 11 is 6.31. The standard InChI is InChI=1S/C26H21ClN2O/c27-24-17-22-23(28-24)15-16-29(25(22)18-7-3-1-4-8-18)21-13-11-20(12-14-21)26(30)19-9-5-2-6-10-19/h1-14,23H,15-17H2. The monoisotopic (exact) mass is 412 g/mol. The molecule has 0 N–H and O–H groups in total. The smallest absolute Gasteiger partial charge is 0.193 e. The Kier molecular flexibility index (Phi) is 4.97. The first-order valence-corrected chi connectivity index (χ1v) is 10.6. The summed E-state index contributed by atoms with van der Waals surface area (Å²) in [6, 6.07) is 27.9. The third-order valence-electron chi connectivity index (χ3n) is 5.76. The Morgan fingerprint density at radius 1 is 0.867 bits per heavy atom. The molecule has 3 nitrogen and oxygen atoms in total. The zero-order valence-corrected chi connectivity index (χ0v) is 17.2. The Morgan fingerprint density at radius 3 is 2.20 bits per heavy atom. The maximum Gasteiger partial charge on any atom is 0.193 e. The molecular weight excluding hydrogens is 392 g/mol. The van der Waals surface area contributed by atoms with Crippen molar-refractivity contribution >= 4 is 33.9 Å². The molecule has 0 fully saturated rings. The van der Waals surface area contributed by atoms with E-state index < -0.39 is 0 Å². The minimum absolute atomic E-state index is 0.0403. The van der Waals surface area contributed by atoms with Gasteiger partial charge in [0.15, 0.2) is 5.78 Å². The lowest BCUT2D eigenvalue weighted by Crippen LogP contribution is -2.32. The fourth-order valence-corrected chi connectivity index (χ4v) is 4.59. The number of benzene rings is 3. The van der Waals surface area contributed by atoms with E-state index in [1.807, 2.05) is 60.7 Å². The van der Waals surface area contributed by atoms with Gasteiger partial charge in [-0.2, -0.15) is 0 Å². The van der Waals surface area contributed by atoms with E-state index in [1.165, 1.54) is 16.8 Å². The molecule has 30 heavy (non-hydrogen) atoms. The number of fused-ring (bicyclic) bond motifs is 1. The number of anilines is 1. The first-order chi connectivity index (χ1) is 14.7. The zero-order chi connectivity index (χ0) is 20.5. The van der Waals surface area contributed by atoms with E-state index in [0.29, 0.717) is 22.7 Å². The van der Waals surface area contributed by atoms with Crippen LogP contribution in [0.3, 0.4) is 0 Å². The largest absolute Gasteiger partial charge is 0.341 e. The highest BCUT2D eigenvalue weighted by atomic mass is 35.5. The van der Waals surface area contributed by atoms with Crippen LogP contribution in [0.15, 0.2) is 95.5 Å². The Balaban J connectivity index is 1.51. The van der Waals surface area contributed by atoms with Crippen LogP contribution in [0.25, 0.3) is 5.70 Å². The molecule has 0 aliphatic carbocycles. The van der Waals surface area contributed by atoms with Crippen molar-refractivity contribution in [3.05, 3.63) is 107 Å². The minimum Gasteiger partial charge on any atom is -0.341 e. The summed E-state index contributed by atoms with van der Waals surface area (Å²) in [6.45, 7) is 0.859. The lowest BCUT2D eigenvalue weighted by atomic mass is 9.92. The van der Waals surface area contributed by atoms with Gasteiger partial charge in [0.2, 0.25) is 0 Å². The summed E-state index contributed by atoms with van der Waals surface area (Å²) in [6.07, 6.45) is 1.64. The van der Waals surface area contributed by atoms with Crippen molar-refractivity contribution < 1.29 is 4.79 Å². The lowest BCUT2D eigenvalue weighted by Gasteiger charge is -2.35. The van der Waals surface area contributed by atoms with Gasteiger partial charge in [-0.1, -0.05) is 72.3 Å². The highest BCUT2D eigenvalue weighted by Crippen LogP contribution is 2.40. The molecule has 2 aliphatic heterocycles. The van der Waals surface area contributed by atoms with Crippen LogP contribution in [0.5, 0.6) is 0 Å². The van der Waals surface area contributed by atoms with Crippen molar-refractivity contribution in [2.45, 2.75) is 18.9 Å². The molecule has 0 saturated heterocycles. The number of halogens is 1. The second-order valence-electron chi connectivity index (χ2n) is 7.62. The summed E-state index contributed by atoms with van der Waals surface area (Å²) < 4.78 is 0. The summed E-state index contributed by atoms with van der Waals surface area (Å²) in [5.41, 5.74) is 6.11. The van der Waals surface area contributed by atoms with Crippen molar-refractivity contribution in [1.29, 1.82) is 0 Å². The molecule has 2 aliphatic rings. The van der Waals surface area contributed by atoms with E-state index in [1.54, 1.807) is 0 Å². The van der Waals surface area contributed by atoms with Crippen LogP contribution < -0.4 is 4.90 Å². The highest BCUT2D eigenvalue weighted by Gasteiger charge is 2.33. The van der Waals surface area contributed by atoms with Crippen molar-refractivity contribution in [1.82, 2.24) is 0 Å². The summed E-state index contributed by atoms with van der Waals surface area (Å²) in [7, 11) is 0. The first kappa shape index (κ1) is 18.8. The van der Waals surface area contributed by atoms with Crippen molar-refractivity contribution in [3.63, 3.8) is 0 Å². The second kappa shape index (κ2) is 7.92. The van der Waals surface area contributed by atoms with Crippen molar-refractivity contribution in [2.24, 2.45) is 4.99 Å². The Bertz CT molecular complexity index is 1130. The van der Waals surface area contributed by atoms with Gasteiger partial charge in [0.25, 0.3) is 0 Å².